The number of likely N-dealkylation sites (tertiary alicyclic amines) is 2. The first-order valence-corrected chi connectivity index (χ1v) is 11.1. The fourth-order valence-corrected chi connectivity index (χ4v) is 4.47. The summed E-state index contributed by atoms with van der Waals surface area (Å²) in [5.41, 5.74) is 3.25. The number of amides is 2. The van der Waals surface area contributed by atoms with Gasteiger partial charge in [0.15, 0.2) is 5.57 Å². The Morgan fingerprint density at radius 1 is 1.21 bits per heavy atom. The number of carbonyl (C=O) groups is 2. The highest BCUT2D eigenvalue weighted by atomic mass is 16.3. The van der Waals surface area contributed by atoms with Gasteiger partial charge in [-0.2, -0.15) is 10.5 Å². The quantitative estimate of drug-likeness (QED) is 0.653. The van der Waals surface area contributed by atoms with E-state index >= 15 is 0 Å². The summed E-state index contributed by atoms with van der Waals surface area (Å²) in [6, 6.07) is 6.92. The molecule has 0 aromatic carbocycles. The standard InChI is InChI=1S/C24H26N6O3/c1-16-11-17-15-33-10-6-19(17)22(16)28-23(18(12-25)13-26)27-20-5-4-9-30(24(20)32)14-21(31)29-7-2-3-8-29/h6,10-11,15,20,27-28H,2-5,7-9,14H2,1H3/t20-/m0/s1. The number of nitrogens with one attached hydrogen (secondary N) is 2. The lowest BCUT2D eigenvalue weighted by Crippen LogP contribution is -2.53. The topological polar surface area (TPSA) is 125 Å². The number of nitriles is 2. The van der Waals surface area contributed by atoms with Crippen LogP contribution >= 0.6 is 0 Å². The van der Waals surface area contributed by atoms with Crippen molar-refractivity contribution in [3.8, 4) is 23.3 Å². The molecule has 9 heteroatoms. The summed E-state index contributed by atoms with van der Waals surface area (Å²) in [6.07, 6.45) is 6.44. The molecular formula is C24H26N6O3. The van der Waals surface area contributed by atoms with E-state index in [1.54, 1.807) is 28.4 Å². The normalized spacial score (nSPS) is 18.0. The van der Waals surface area contributed by atoms with Crippen molar-refractivity contribution in [3.05, 3.63) is 41.6 Å². The third kappa shape index (κ3) is 4.63. The van der Waals surface area contributed by atoms with Crippen LogP contribution in [0.1, 0.15) is 31.2 Å². The second kappa shape index (κ2) is 9.66. The van der Waals surface area contributed by atoms with E-state index in [1.165, 1.54) is 0 Å². The molecule has 170 valence electrons. The van der Waals surface area contributed by atoms with Gasteiger partial charge < -0.3 is 24.9 Å². The summed E-state index contributed by atoms with van der Waals surface area (Å²) in [7, 11) is 0. The summed E-state index contributed by atoms with van der Waals surface area (Å²) in [5.74, 6) is -0.0527. The number of allylic oxidation sites excluding steroid dienone is 1. The van der Waals surface area contributed by atoms with Crippen LogP contribution in [0.15, 0.2) is 40.5 Å². The highest BCUT2D eigenvalue weighted by molar-refractivity contribution is 5.89. The van der Waals surface area contributed by atoms with Gasteiger partial charge in [0.2, 0.25) is 11.8 Å². The second-order valence-electron chi connectivity index (χ2n) is 8.41. The Labute approximate surface area is 192 Å². The SMILES string of the molecule is Cc1cc2coccc-2c1NC(N[C@H]1CCCN(CC(=O)N2CCCC2)C1=O)=C(C#N)C#N. The summed E-state index contributed by atoms with van der Waals surface area (Å²) in [4.78, 5) is 29.1. The van der Waals surface area contributed by atoms with Gasteiger partial charge in [0, 0.05) is 30.8 Å². The van der Waals surface area contributed by atoms with E-state index in [1.807, 2.05) is 25.1 Å². The van der Waals surface area contributed by atoms with Crippen molar-refractivity contribution in [1.82, 2.24) is 15.1 Å². The molecule has 0 aromatic heterocycles. The smallest absolute Gasteiger partial charge is 0.245 e. The van der Waals surface area contributed by atoms with Crippen LogP contribution in [-0.4, -0.2) is 53.8 Å². The molecule has 2 fully saturated rings. The fraction of sp³-hybridized carbons (Fsp3) is 0.417. The Balaban J connectivity index is 1.53. The highest BCUT2D eigenvalue weighted by Crippen LogP contribution is 2.36. The lowest BCUT2D eigenvalue weighted by atomic mass is 10.0. The minimum absolute atomic E-state index is 0.0329. The number of carbonyl (C=O) groups excluding carboxylic acids is 2. The zero-order chi connectivity index (χ0) is 23.4. The first kappa shape index (κ1) is 22.2. The molecule has 4 rings (SSSR count). The van der Waals surface area contributed by atoms with Gasteiger partial charge in [-0.25, -0.2) is 0 Å². The number of rotatable bonds is 6. The van der Waals surface area contributed by atoms with Crippen LogP contribution in [-0.2, 0) is 9.59 Å². The minimum Gasteiger partial charge on any atom is -0.472 e. The van der Waals surface area contributed by atoms with E-state index in [9.17, 15) is 20.1 Å². The zero-order valence-electron chi connectivity index (χ0n) is 18.6. The molecule has 3 heterocycles. The third-order valence-corrected chi connectivity index (χ3v) is 6.21. The maximum atomic E-state index is 13.2. The lowest BCUT2D eigenvalue weighted by molar-refractivity contribution is -0.142. The monoisotopic (exact) mass is 446 g/mol. The maximum absolute atomic E-state index is 13.2. The summed E-state index contributed by atoms with van der Waals surface area (Å²) in [6.45, 7) is 3.97. The summed E-state index contributed by atoms with van der Waals surface area (Å²) < 4.78 is 5.23. The van der Waals surface area contributed by atoms with Gasteiger partial charge in [-0.3, -0.25) is 9.59 Å². The van der Waals surface area contributed by atoms with Crippen LogP contribution in [0.25, 0.3) is 11.1 Å². The molecular weight excluding hydrogens is 420 g/mol. The summed E-state index contributed by atoms with van der Waals surface area (Å²) in [5, 5.41) is 25.3. The molecule has 3 aliphatic heterocycles. The predicted molar refractivity (Wildman–Crippen MR) is 120 cm³/mol. The first-order chi connectivity index (χ1) is 16.0. The number of aryl methyl sites for hydroxylation is 1. The Bertz CT molecular complexity index is 1120. The molecule has 2 N–H and O–H groups in total. The van der Waals surface area contributed by atoms with Gasteiger partial charge in [-0.05, 0) is 50.3 Å². The molecule has 1 atom stereocenters. The average molecular weight is 447 g/mol. The average Bonchev–Trinajstić information content (AvgIpc) is 3.46. The van der Waals surface area contributed by atoms with Gasteiger partial charge in [0.1, 0.15) is 24.0 Å². The molecule has 0 aromatic rings. The lowest BCUT2D eigenvalue weighted by Gasteiger charge is -2.34. The van der Waals surface area contributed by atoms with Crippen LogP contribution in [0.2, 0.25) is 0 Å². The number of nitrogens with zero attached hydrogens (tertiary/aromatic N) is 4. The molecule has 4 aliphatic rings. The zero-order valence-corrected chi connectivity index (χ0v) is 18.6. The fourth-order valence-electron chi connectivity index (χ4n) is 4.47. The molecule has 9 nitrogen and oxygen atoms in total. The first-order valence-electron chi connectivity index (χ1n) is 11.1. The number of hydrogen-bond acceptors (Lipinski definition) is 7. The Kier molecular flexibility index (Phi) is 6.50. The van der Waals surface area contributed by atoms with Gasteiger partial charge in [0.05, 0.1) is 24.8 Å². The predicted octanol–water partition coefficient (Wildman–Crippen LogP) is 2.57. The highest BCUT2D eigenvalue weighted by Gasteiger charge is 2.32. The van der Waals surface area contributed by atoms with Crippen molar-refractivity contribution in [3.63, 3.8) is 0 Å². The van der Waals surface area contributed by atoms with Crippen LogP contribution in [0.5, 0.6) is 0 Å². The maximum Gasteiger partial charge on any atom is 0.245 e. The van der Waals surface area contributed by atoms with Crippen LogP contribution in [0, 0.1) is 29.6 Å². The minimum atomic E-state index is -0.638. The summed E-state index contributed by atoms with van der Waals surface area (Å²) >= 11 is 0. The second-order valence-corrected chi connectivity index (χ2v) is 8.41. The van der Waals surface area contributed by atoms with E-state index in [-0.39, 0.29) is 29.8 Å². The molecule has 2 amide bonds. The third-order valence-electron chi connectivity index (χ3n) is 6.21. The van der Waals surface area contributed by atoms with Gasteiger partial charge in [-0.1, -0.05) is 0 Å². The van der Waals surface area contributed by atoms with E-state index in [0.29, 0.717) is 13.0 Å². The van der Waals surface area contributed by atoms with Crippen LogP contribution < -0.4 is 10.6 Å². The van der Waals surface area contributed by atoms with Crippen molar-refractivity contribution in [1.29, 1.82) is 10.5 Å². The van der Waals surface area contributed by atoms with E-state index in [4.69, 9.17) is 4.42 Å². The van der Waals surface area contributed by atoms with Crippen molar-refractivity contribution < 1.29 is 14.0 Å². The number of hydrogen-bond donors (Lipinski definition) is 2. The van der Waals surface area contributed by atoms with Gasteiger partial charge in [-0.15, -0.1) is 0 Å². The van der Waals surface area contributed by atoms with Crippen LogP contribution in [0.3, 0.4) is 0 Å². The molecule has 0 radical (unpaired) electrons. The van der Waals surface area contributed by atoms with Crippen molar-refractivity contribution in [2.24, 2.45) is 0 Å². The van der Waals surface area contributed by atoms with E-state index in [0.717, 1.165) is 54.7 Å². The van der Waals surface area contributed by atoms with Crippen LogP contribution in [0.4, 0.5) is 5.69 Å². The molecule has 0 saturated carbocycles. The Morgan fingerprint density at radius 2 is 1.97 bits per heavy atom. The Morgan fingerprint density at radius 3 is 2.70 bits per heavy atom. The van der Waals surface area contributed by atoms with Crippen molar-refractivity contribution >= 4 is 17.5 Å². The molecule has 0 spiro atoms. The van der Waals surface area contributed by atoms with Crippen molar-refractivity contribution in [2.75, 3.05) is 31.5 Å². The van der Waals surface area contributed by atoms with E-state index < -0.39 is 6.04 Å². The number of fused-ring (bicyclic) bond motifs is 1. The molecule has 33 heavy (non-hydrogen) atoms. The number of piperidine rings is 1. The number of anilines is 1. The molecule has 2 saturated heterocycles. The molecule has 0 bridgehead atoms. The van der Waals surface area contributed by atoms with Gasteiger partial charge >= 0.3 is 0 Å². The van der Waals surface area contributed by atoms with E-state index in [2.05, 4.69) is 10.6 Å². The molecule has 1 aliphatic carbocycles. The molecule has 0 unspecified atom stereocenters. The Hall–Kier alpha value is -3.98. The largest absolute Gasteiger partial charge is 0.472 e. The van der Waals surface area contributed by atoms with Crippen molar-refractivity contribution in [2.45, 2.75) is 38.6 Å². The van der Waals surface area contributed by atoms with Gasteiger partial charge in [0.25, 0.3) is 0 Å².